The van der Waals surface area contributed by atoms with Gasteiger partial charge in [0.05, 0.1) is 15.8 Å². The molecule has 0 bridgehead atoms. The van der Waals surface area contributed by atoms with E-state index in [1.165, 1.54) is 11.3 Å². The first-order chi connectivity index (χ1) is 18.0. The Morgan fingerprint density at radius 2 is 1.76 bits per heavy atom. The molecule has 4 N–H and O–H groups in total. The molecule has 196 valence electrons. The average molecular weight is 527 g/mol. The molecule has 8 heteroatoms. The van der Waals surface area contributed by atoms with E-state index in [4.69, 9.17) is 10.7 Å². The fraction of sp³-hybridized carbons (Fsp3) is 0.300. The van der Waals surface area contributed by atoms with Crippen LogP contribution in [0.1, 0.15) is 57.0 Å². The van der Waals surface area contributed by atoms with Crippen molar-refractivity contribution in [2.45, 2.75) is 53.1 Å². The number of carbonyl (C=O) groups is 1. The number of pyridine rings is 1. The molecule has 0 radical (unpaired) electrons. The first-order valence-electron chi connectivity index (χ1n) is 12.8. The molecule has 0 saturated heterocycles. The molecule has 0 unspecified atom stereocenters. The number of anilines is 2. The monoisotopic (exact) mass is 526 g/mol. The van der Waals surface area contributed by atoms with Gasteiger partial charge in [0.2, 0.25) is 0 Å². The summed E-state index contributed by atoms with van der Waals surface area (Å²) in [7, 11) is 0. The molecule has 0 spiro atoms. The molecule has 3 heterocycles. The molecular formula is C30H34N6OS. The predicted octanol–water partition coefficient (Wildman–Crippen LogP) is 6.75. The van der Waals surface area contributed by atoms with Gasteiger partial charge in [0.15, 0.2) is 10.8 Å². The lowest BCUT2D eigenvalue weighted by atomic mass is 9.82. The number of rotatable bonds is 7. The number of benzene rings is 2. The number of nitrogen functional groups attached to an aromatic ring is 1. The van der Waals surface area contributed by atoms with Crippen molar-refractivity contribution in [2.75, 3.05) is 11.1 Å². The summed E-state index contributed by atoms with van der Waals surface area (Å²) in [5.74, 6) is 0.702. The Morgan fingerprint density at radius 1 is 1.00 bits per heavy atom. The molecule has 0 fully saturated rings. The summed E-state index contributed by atoms with van der Waals surface area (Å²) < 4.78 is 3.00. The van der Waals surface area contributed by atoms with Crippen molar-refractivity contribution in [1.29, 1.82) is 0 Å². The summed E-state index contributed by atoms with van der Waals surface area (Å²) in [5, 5.41) is 7.37. The van der Waals surface area contributed by atoms with Gasteiger partial charge >= 0.3 is 0 Å². The third-order valence-corrected chi connectivity index (χ3v) is 7.14. The first-order valence-corrected chi connectivity index (χ1v) is 13.6. The molecule has 0 atom stereocenters. The van der Waals surface area contributed by atoms with Crippen LogP contribution in [0.5, 0.6) is 0 Å². The van der Waals surface area contributed by atoms with Crippen molar-refractivity contribution in [3.8, 4) is 11.3 Å². The van der Waals surface area contributed by atoms with Crippen LogP contribution in [0.2, 0.25) is 0 Å². The molecule has 38 heavy (non-hydrogen) atoms. The van der Waals surface area contributed by atoms with Gasteiger partial charge in [-0.05, 0) is 55.5 Å². The molecule has 0 aliphatic rings. The third-order valence-electron chi connectivity index (χ3n) is 6.29. The van der Waals surface area contributed by atoms with E-state index in [-0.39, 0.29) is 16.9 Å². The van der Waals surface area contributed by atoms with Gasteiger partial charge in [-0.1, -0.05) is 68.5 Å². The quantitative estimate of drug-likeness (QED) is 0.218. The zero-order chi connectivity index (χ0) is 27.1. The maximum absolute atomic E-state index is 13.4. The van der Waals surface area contributed by atoms with E-state index in [2.05, 4.69) is 50.2 Å². The predicted molar refractivity (Wildman–Crippen MR) is 158 cm³/mol. The standard InChI is InChI=1S/C30H34N6OS/c1-29(2,3)18-30(4,5)35-26-24(20-10-7-6-8-11-20)34-25-21(12-9-15-36(25)26)27(37)32-17-19-13-14-22-23(16-19)38-28(31)33-22/h6-16,35H,17-18H2,1-5H3,(H2,31,33)(H,32,37). The number of thiazole rings is 1. The number of nitrogens with one attached hydrogen (secondary N) is 2. The Balaban J connectivity index is 1.49. The number of imidazole rings is 1. The molecule has 5 aromatic rings. The summed E-state index contributed by atoms with van der Waals surface area (Å²) in [6.07, 6.45) is 2.92. The zero-order valence-electron chi connectivity index (χ0n) is 22.5. The largest absolute Gasteiger partial charge is 0.375 e. The Bertz CT molecular complexity index is 1610. The van der Waals surface area contributed by atoms with E-state index >= 15 is 0 Å². The fourth-order valence-electron chi connectivity index (χ4n) is 5.23. The Morgan fingerprint density at radius 3 is 2.50 bits per heavy atom. The molecule has 1 amide bonds. The molecule has 7 nitrogen and oxygen atoms in total. The highest BCUT2D eigenvalue weighted by atomic mass is 32.1. The van der Waals surface area contributed by atoms with Gasteiger partial charge in [0, 0.05) is 23.8 Å². The van der Waals surface area contributed by atoms with Crippen molar-refractivity contribution in [3.05, 3.63) is 78.0 Å². The van der Waals surface area contributed by atoms with E-state index in [0.717, 1.165) is 39.3 Å². The van der Waals surface area contributed by atoms with Gasteiger partial charge in [0.25, 0.3) is 5.91 Å². The number of fused-ring (bicyclic) bond motifs is 2. The second-order valence-corrected chi connectivity index (χ2v) is 12.6. The van der Waals surface area contributed by atoms with Crippen molar-refractivity contribution in [3.63, 3.8) is 0 Å². The van der Waals surface area contributed by atoms with Crippen molar-refractivity contribution in [2.24, 2.45) is 5.41 Å². The SMILES string of the molecule is CC(C)(C)CC(C)(C)Nc1c(-c2ccccc2)nc2c(C(=O)NCc3ccc4nc(N)sc4c3)cccn12. The lowest BCUT2D eigenvalue weighted by Gasteiger charge is -2.34. The number of aromatic nitrogens is 3. The number of hydrogen-bond acceptors (Lipinski definition) is 6. The maximum Gasteiger partial charge on any atom is 0.255 e. The topological polar surface area (TPSA) is 97.3 Å². The minimum atomic E-state index is -0.200. The summed E-state index contributed by atoms with van der Waals surface area (Å²) in [4.78, 5) is 22.7. The highest BCUT2D eigenvalue weighted by Crippen LogP contribution is 2.35. The van der Waals surface area contributed by atoms with E-state index in [1.54, 1.807) is 0 Å². The average Bonchev–Trinajstić information content (AvgIpc) is 3.40. The number of hydrogen-bond donors (Lipinski definition) is 3. The van der Waals surface area contributed by atoms with Gasteiger partial charge in [-0.3, -0.25) is 9.20 Å². The highest BCUT2D eigenvalue weighted by Gasteiger charge is 2.28. The third kappa shape index (κ3) is 5.50. The van der Waals surface area contributed by atoms with Crippen LogP contribution in [-0.4, -0.2) is 25.8 Å². The highest BCUT2D eigenvalue weighted by molar-refractivity contribution is 7.22. The Hall–Kier alpha value is -3.91. The molecule has 0 aliphatic heterocycles. The summed E-state index contributed by atoms with van der Waals surface area (Å²) in [5.41, 5.74) is 10.6. The van der Waals surface area contributed by atoms with Crippen LogP contribution in [0.3, 0.4) is 0 Å². The fourth-order valence-corrected chi connectivity index (χ4v) is 6.02. The van der Waals surface area contributed by atoms with Crippen LogP contribution in [0, 0.1) is 5.41 Å². The minimum absolute atomic E-state index is 0.142. The van der Waals surface area contributed by atoms with Crippen LogP contribution in [0.25, 0.3) is 27.1 Å². The van der Waals surface area contributed by atoms with Gasteiger partial charge in [-0.2, -0.15) is 0 Å². The Labute approximate surface area is 227 Å². The number of nitrogens with zero attached hydrogens (tertiary/aromatic N) is 3. The van der Waals surface area contributed by atoms with E-state index in [9.17, 15) is 4.79 Å². The van der Waals surface area contributed by atoms with E-state index in [1.807, 2.05) is 71.3 Å². The molecular weight excluding hydrogens is 492 g/mol. The van der Waals surface area contributed by atoms with Crippen molar-refractivity contribution < 1.29 is 4.79 Å². The molecule has 0 aliphatic carbocycles. The smallest absolute Gasteiger partial charge is 0.255 e. The molecule has 5 rings (SSSR count). The van der Waals surface area contributed by atoms with Gasteiger partial charge in [0.1, 0.15) is 11.5 Å². The molecule has 0 saturated carbocycles. The lowest BCUT2D eigenvalue weighted by Crippen LogP contribution is -2.36. The zero-order valence-corrected chi connectivity index (χ0v) is 23.3. The van der Waals surface area contributed by atoms with Crippen LogP contribution < -0.4 is 16.4 Å². The Kier molecular flexibility index (Phi) is 6.61. The van der Waals surface area contributed by atoms with Crippen molar-refractivity contribution >= 4 is 44.1 Å². The summed E-state index contributed by atoms with van der Waals surface area (Å²) >= 11 is 1.44. The van der Waals surface area contributed by atoms with Crippen LogP contribution >= 0.6 is 11.3 Å². The van der Waals surface area contributed by atoms with E-state index < -0.39 is 0 Å². The van der Waals surface area contributed by atoms with Gasteiger partial charge in [-0.15, -0.1) is 0 Å². The normalized spacial score (nSPS) is 12.2. The lowest BCUT2D eigenvalue weighted by molar-refractivity contribution is 0.0952. The molecule has 2 aromatic carbocycles. The minimum Gasteiger partial charge on any atom is -0.375 e. The van der Waals surface area contributed by atoms with E-state index in [0.29, 0.717) is 22.9 Å². The first kappa shape index (κ1) is 25.7. The second kappa shape index (κ2) is 9.76. The number of amides is 1. The maximum atomic E-state index is 13.4. The summed E-state index contributed by atoms with van der Waals surface area (Å²) in [6, 6.07) is 19.7. The number of carbonyl (C=O) groups excluding carboxylic acids is 1. The van der Waals surface area contributed by atoms with Gasteiger partial charge in [-0.25, -0.2) is 9.97 Å². The van der Waals surface area contributed by atoms with Crippen LogP contribution in [-0.2, 0) is 6.54 Å². The second-order valence-electron chi connectivity index (χ2n) is 11.6. The number of nitrogens with two attached hydrogens (primary N) is 1. The summed E-state index contributed by atoms with van der Waals surface area (Å²) in [6.45, 7) is 11.5. The van der Waals surface area contributed by atoms with Gasteiger partial charge < -0.3 is 16.4 Å². The van der Waals surface area contributed by atoms with Crippen LogP contribution in [0.15, 0.2) is 66.9 Å². The molecule has 3 aromatic heterocycles. The van der Waals surface area contributed by atoms with Crippen molar-refractivity contribution in [1.82, 2.24) is 19.7 Å². The van der Waals surface area contributed by atoms with Crippen LogP contribution in [0.4, 0.5) is 10.9 Å².